The molecule has 1 unspecified atom stereocenters. The van der Waals surface area contributed by atoms with Crippen molar-refractivity contribution in [3.8, 4) is 6.07 Å². The molecule has 2 aromatic rings. The molecule has 1 aromatic heterocycles. The largest absolute Gasteiger partial charge is 0.369 e. The lowest BCUT2D eigenvalue weighted by molar-refractivity contribution is 0.775. The molecule has 1 atom stereocenters. The smallest absolute Gasteiger partial charge is 0.163 e. The molecule has 1 aliphatic rings. The van der Waals surface area contributed by atoms with Crippen LogP contribution in [0.15, 0.2) is 48.7 Å². The number of anilines is 1. The lowest BCUT2D eigenvalue weighted by atomic mass is 9.99. The van der Waals surface area contributed by atoms with Crippen LogP contribution in [0.25, 0.3) is 0 Å². The molecule has 0 saturated carbocycles. The maximum atomic E-state index is 9.12. The standard InChI is InChI=1S/C16H15N3/c17-11-15-16(7-4-9-18-15)19-10-8-14(12-19)13-5-2-1-3-6-13/h1-7,9,14H,8,10,12H2. The van der Waals surface area contributed by atoms with Gasteiger partial charge in [-0.3, -0.25) is 0 Å². The first-order valence-electron chi connectivity index (χ1n) is 6.53. The highest BCUT2D eigenvalue weighted by atomic mass is 15.2. The van der Waals surface area contributed by atoms with Crippen LogP contribution < -0.4 is 4.90 Å². The molecule has 0 spiro atoms. The number of nitrogens with zero attached hydrogens (tertiary/aromatic N) is 3. The van der Waals surface area contributed by atoms with Crippen LogP contribution in [-0.2, 0) is 0 Å². The number of aromatic nitrogens is 1. The minimum atomic E-state index is 0.524. The minimum Gasteiger partial charge on any atom is -0.369 e. The predicted octanol–water partition coefficient (Wildman–Crippen LogP) is 2.95. The first-order valence-corrected chi connectivity index (χ1v) is 6.53. The highest BCUT2D eigenvalue weighted by Crippen LogP contribution is 2.31. The summed E-state index contributed by atoms with van der Waals surface area (Å²) in [6.07, 6.45) is 2.80. The van der Waals surface area contributed by atoms with Gasteiger partial charge in [0.15, 0.2) is 5.69 Å². The van der Waals surface area contributed by atoms with Crippen LogP contribution in [0.4, 0.5) is 5.69 Å². The van der Waals surface area contributed by atoms with Crippen molar-refractivity contribution in [2.45, 2.75) is 12.3 Å². The van der Waals surface area contributed by atoms with Gasteiger partial charge >= 0.3 is 0 Å². The van der Waals surface area contributed by atoms with Crippen molar-refractivity contribution >= 4 is 5.69 Å². The molecule has 3 rings (SSSR count). The molecule has 3 heteroatoms. The van der Waals surface area contributed by atoms with Crippen LogP contribution in [0, 0.1) is 11.3 Å². The van der Waals surface area contributed by atoms with Crippen LogP contribution in [-0.4, -0.2) is 18.1 Å². The molecule has 0 N–H and O–H groups in total. The normalized spacial score (nSPS) is 18.3. The van der Waals surface area contributed by atoms with E-state index >= 15 is 0 Å². The third-order valence-electron chi connectivity index (χ3n) is 3.69. The number of pyridine rings is 1. The Labute approximate surface area is 113 Å². The van der Waals surface area contributed by atoms with Crippen LogP contribution >= 0.6 is 0 Å². The maximum Gasteiger partial charge on any atom is 0.163 e. The third kappa shape index (κ3) is 2.30. The minimum absolute atomic E-state index is 0.524. The molecule has 1 fully saturated rings. The van der Waals surface area contributed by atoms with Crippen molar-refractivity contribution in [2.75, 3.05) is 18.0 Å². The number of benzene rings is 1. The van der Waals surface area contributed by atoms with Gasteiger partial charge in [0.25, 0.3) is 0 Å². The van der Waals surface area contributed by atoms with E-state index in [-0.39, 0.29) is 0 Å². The first-order chi connectivity index (χ1) is 9.38. The fourth-order valence-electron chi connectivity index (χ4n) is 2.71. The molecule has 94 valence electrons. The van der Waals surface area contributed by atoms with Gasteiger partial charge in [0, 0.05) is 25.2 Å². The van der Waals surface area contributed by atoms with Crippen molar-refractivity contribution in [3.05, 3.63) is 59.9 Å². The summed E-state index contributed by atoms with van der Waals surface area (Å²) in [5.74, 6) is 0.549. The summed E-state index contributed by atoms with van der Waals surface area (Å²) in [4.78, 5) is 6.40. The lowest BCUT2D eigenvalue weighted by Gasteiger charge is -2.19. The van der Waals surface area contributed by atoms with E-state index in [1.165, 1.54) is 5.56 Å². The fraction of sp³-hybridized carbons (Fsp3) is 0.250. The monoisotopic (exact) mass is 249 g/mol. The average Bonchev–Trinajstić information content (AvgIpc) is 2.98. The van der Waals surface area contributed by atoms with Gasteiger partial charge in [0.1, 0.15) is 6.07 Å². The summed E-state index contributed by atoms with van der Waals surface area (Å²) in [7, 11) is 0. The Hall–Kier alpha value is -2.34. The molecule has 1 saturated heterocycles. The topological polar surface area (TPSA) is 39.9 Å². The second kappa shape index (κ2) is 5.11. The van der Waals surface area contributed by atoms with Crippen molar-refractivity contribution in [1.82, 2.24) is 4.98 Å². The Balaban J connectivity index is 1.81. The van der Waals surface area contributed by atoms with E-state index in [9.17, 15) is 0 Å². The summed E-state index contributed by atoms with van der Waals surface area (Å²) in [6.45, 7) is 1.95. The zero-order valence-corrected chi connectivity index (χ0v) is 10.7. The molecule has 0 amide bonds. The van der Waals surface area contributed by atoms with Gasteiger partial charge in [-0.25, -0.2) is 4.98 Å². The van der Waals surface area contributed by atoms with Crippen molar-refractivity contribution in [1.29, 1.82) is 5.26 Å². The third-order valence-corrected chi connectivity index (χ3v) is 3.69. The Morgan fingerprint density at radius 1 is 1.16 bits per heavy atom. The second-order valence-corrected chi connectivity index (χ2v) is 4.83. The molecule has 1 aliphatic heterocycles. The average molecular weight is 249 g/mol. The quantitative estimate of drug-likeness (QED) is 0.821. The molecule has 0 aliphatic carbocycles. The summed E-state index contributed by atoms with van der Waals surface area (Å²) < 4.78 is 0. The summed E-state index contributed by atoms with van der Waals surface area (Å²) in [5, 5.41) is 9.12. The van der Waals surface area contributed by atoms with Gasteiger partial charge in [-0.1, -0.05) is 30.3 Å². The summed E-state index contributed by atoms with van der Waals surface area (Å²) in [5.41, 5.74) is 2.87. The van der Waals surface area contributed by atoms with E-state index in [4.69, 9.17) is 5.26 Å². The summed E-state index contributed by atoms with van der Waals surface area (Å²) in [6, 6.07) is 16.6. The van der Waals surface area contributed by atoms with Crippen LogP contribution in [0.1, 0.15) is 23.6 Å². The maximum absolute atomic E-state index is 9.12. The van der Waals surface area contributed by atoms with Gasteiger partial charge in [-0.05, 0) is 24.1 Å². The van der Waals surface area contributed by atoms with E-state index < -0.39 is 0 Å². The van der Waals surface area contributed by atoms with Gasteiger partial charge in [-0.2, -0.15) is 5.26 Å². The Kier molecular flexibility index (Phi) is 3.16. The Morgan fingerprint density at radius 2 is 2.00 bits per heavy atom. The summed E-state index contributed by atoms with van der Waals surface area (Å²) >= 11 is 0. The highest BCUT2D eigenvalue weighted by Gasteiger charge is 2.25. The lowest BCUT2D eigenvalue weighted by Crippen LogP contribution is -2.20. The van der Waals surface area contributed by atoms with E-state index in [1.54, 1.807) is 6.20 Å². The SMILES string of the molecule is N#Cc1ncccc1N1CCC(c2ccccc2)C1. The van der Waals surface area contributed by atoms with E-state index in [2.05, 4.69) is 40.2 Å². The van der Waals surface area contributed by atoms with Crippen molar-refractivity contribution < 1.29 is 0 Å². The number of nitriles is 1. The van der Waals surface area contributed by atoms with Crippen LogP contribution in [0.2, 0.25) is 0 Å². The number of hydrogen-bond donors (Lipinski definition) is 0. The molecule has 0 radical (unpaired) electrons. The van der Waals surface area contributed by atoms with Gasteiger partial charge < -0.3 is 4.90 Å². The van der Waals surface area contributed by atoms with Crippen molar-refractivity contribution in [3.63, 3.8) is 0 Å². The number of hydrogen-bond acceptors (Lipinski definition) is 3. The molecule has 3 nitrogen and oxygen atoms in total. The molecule has 1 aromatic carbocycles. The van der Waals surface area contributed by atoms with E-state index in [0.717, 1.165) is 25.2 Å². The van der Waals surface area contributed by atoms with E-state index in [1.807, 2.05) is 18.2 Å². The van der Waals surface area contributed by atoms with Crippen molar-refractivity contribution in [2.24, 2.45) is 0 Å². The second-order valence-electron chi connectivity index (χ2n) is 4.83. The molecule has 2 heterocycles. The van der Waals surface area contributed by atoms with Gasteiger partial charge in [0.05, 0.1) is 5.69 Å². The molecule has 0 bridgehead atoms. The Bertz CT molecular complexity index is 601. The molecule has 19 heavy (non-hydrogen) atoms. The molecular weight excluding hydrogens is 234 g/mol. The van der Waals surface area contributed by atoms with E-state index in [0.29, 0.717) is 11.6 Å². The predicted molar refractivity (Wildman–Crippen MR) is 75.0 cm³/mol. The Morgan fingerprint density at radius 3 is 2.79 bits per heavy atom. The first kappa shape index (κ1) is 11.7. The van der Waals surface area contributed by atoms with Gasteiger partial charge in [0.2, 0.25) is 0 Å². The zero-order valence-electron chi connectivity index (χ0n) is 10.7. The zero-order chi connectivity index (χ0) is 13.1. The fourth-order valence-corrected chi connectivity index (χ4v) is 2.71. The number of rotatable bonds is 2. The van der Waals surface area contributed by atoms with Crippen LogP contribution in [0.5, 0.6) is 0 Å². The highest BCUT2D eigenvalue weighted by molar-refractivity contribution is 5.56. The molecular formula is C16H15N3. The van der Waals surface area contributed by atoms with Crippen LogP contribution in [0.3, 0.4) is 0 Å². The van der Waals surface area contributed by atoms with Gasteiger partial charge in [-0.15, -0.1) is 0 Å².